The van der Waals surface area contributed by atoms with Gasteiger partial charge in [0.2, 0.25) is 0 Å². The molecule has 0 radical (unpaired) electrons. The Balaban J connectivity index is 2.28. The van der Waals surface area contributed by atoms with Crippen LogP contribution in [-0.2, 0) is 6.42 Å². The molecule has 1 unspecified atom stereocenters. The van der Waals surface area contributed by atoms with Crippen LogP contribution in [0.4, 0.5) is 4.39 Å². The molecule has 0 amide bonds. The first-order chi connectivity index (χ1) is 10.0. The molecule has 0 saturated carbocycles. The van der Waals surface area contributed by atoms with Crippen LogP contribution >= 0.6 is 15.9 Å². The number of hydrogen-bond donors (Lipinski definition) is 1. The lowest BCUT2D eigenvalue weighted by Crippen LogP contribution is -2.14. The molecule has 21 heavy (non-hydrogen) atoms. The van der Waals surface area contributed by atoms with E-state index in [9.17, 15) is 4.39 Å². The summed E-state index contributed by atoms with van der Waals surface area (Å²) in [6.45, 7) is 0. The van der Waals surface area contributed by atoms with Crippen molar-refractivity contribution in [2.45, 2.75) is 12.5 Å². The Bertz CT molecular complexity index is 613. The van der Waals surface area contributed by atoms with Gasteiger partial charge in [-0.3, -0.25) is 0 Å². The van der Waals surface area contributed by atoms with Crippen LogP contribution in [0.15, 0.2) is 40.9 Å². The highest BCUT2D eigenvalue weighted by atomic mass is 79.9. The van der Waals surface area contributed by atoms with Crippen LogP contribution in [0.5, 0.6) is 11.5 Å². The van der Waals surface area contributed by atoms with Crippen LogP contribution in [0.1, 0.15) is 17.2 Å². The first-order valence-corrected chi connectivity index (χ1v) is 7.25. The smallest absolute Gasteiger partial charge is 0.124 e. The summed E-state index contributed by atoms with van der Waals surface area (Å²) in [4.78, 5) is 0. The molecule has 0 aromatic heterocycles. The lowest BCUT2D eigenvalue weighted by Gasteiger charge is -2.17. The van der Waals surface area contributed by atoms with Gasteiger partial charge in [0.05, 0.1) is 14.2 Å². The summed E-state index contributed by atoms with van der Waals surface area (Å²) in [6.07, 6.45) is 0.500. The molecule has 3 nitrogen and oxygen atoms in total. The summed E-state index contributed by atoms with van der Waals surface area (Å²) in [7, 11) is 3.19. The predicted octanol–water partition coefficient (Wildman–Crippen LogP) is 3.85. The van der Waals surface area contributed by atoms with E-state index in [0.29, 0.717) is 22.4 Å². The Kier molecular flexibility index (Phi) is 5.20. The molecule has 2 aromatic carbocycles. The van der Waals surface area contributed by atoms with Crippen molar-refractivity contribution in [3.8, 4) is 11.5 Å². The van der Waals surface area contributed by atoms with E-state index in [-0.39, 0.29) is 11.9 Å². The van der Waals surface area contributed by atoms with E-state index in [1.54, 1.807) is 14.2 Å². The lowest BCUT2D eigenvalue weighted by molar-refractivity contribution is 0.395. The molecule has 112 valence electrons. The van der Waals surface area contributed by atoms with E-state index in [1.165, 1.54) is 12.1 Å². The maximum atomic E-state index is 13.4. The average molecular weight is 354 g/mol. The number of benzene rings is 2. The van der Waals surface area contributed by atoms with Gasteiger partial charge in [-0.2, -0.15) is 0 Å². The van der Waals surface area contributed by atoms with Gasteiger partial charge in [0, 0.05) is 16.1 Å². The number of ether oxygens (including phenoxy) is 2. The first-order valence-electron chi connectivity index (χ1n) is 6.46. The van der Waals surface area contributed by atoms with Crippen molar-refractivity contribution in [2.75, 3.05) is 14.2 Å². The molecule has 0 bridgehead atoms. The minimum atomic E-state index is -0.316. The summed E-state index contributed by atoms with van der Waals surface area (Å²) < 4.78 is 24.7. The van der Waals surface area contributed by atoms with Gasteiger partial charge in [0.15, 0.2) is 0 Å². The van der Waals surface area contributed by atoms with Crippen molar-refractivity contribution >= 4 is 15.9 Å². The van der Waals surface area contributed by atoms with Crippen LogP contribution in [0.2, 0.25) is 0 Å². The number of methoxy groups -OCH3 is 2. The van der Waals surface area contributed by atoms with Gasteiger partial charge in [-0.1, -0.05) is 15.9 Å². The normalized spacial score (nSPS) is 12.0. The molecule has 2 rings (SSSR count). The highest BCUT2D eigenvalue weighted by molar-refractivity contribution is 9.10. The summed E-state index contributed by atoms with van der Waals surface area (Å²) in [5, 5.41) is 0. The van der Waals surface area contributed by atoms with Gasteiger partial charge >= 0.3 is 0 Å². The molecule has 5 heteroatoms. The predicted molar refractivity (Wildman–Crippen MR) is 84.3 cm³/mol. The van der Waals surface area contributed by atoms with Crippen molar-refractivity contribution < 1.29 is 13.9 Å². The van der Waals surface area contributed by atoms with Crippen LogP contribution in [-0.4, -0.2) is 14.2 Å². The van der Waals surface area contributed by atoms with Gasteiger partial charge in [-0.05, 0) is 48.4 Å². The largest absolute Gasteiger partial charge is 0.497 e. The van der Waals surface area contributed by atoms with Gasteiger partial charge in [0.25, 0.3) is 0 Å². The summed E-state index contributed by atoms with van der Waals surface area (Å²) in [5.74, 6) is 1.12. The second-order valence-electron chi connectivity index (χ2n) is 4.70. The number of hydrogen-bond acceptors (Lipinski definition) is 3. The van der Waals surface area contributed by atoms with Crippen LogP contribution in [0, 0.1) is 5.82 Å². The van der Waals surface area contributed by atoms with Gasteiger partial charge < -0.3 is 15.2 Å². The number of nitrogens with two attached hydrogens (primary N) is 1. The Morgan fingerprint density at radius 3 is 2.52 bits per heavy atom. The molecule has 1 atom stereocenters. The van der Waals surface area contributed by atoms with E-state index in [1.807, 2.05) is 24.3 Å². The standard InChI is InChI=1S/C16H17BrFNO2/c1-20-13-3-4-16(21-2)14(9-13)15(19)7-10-5-11(17)8-12(18)6-10/h3-6,8-9,15H,7,19H2,1-2H3. The number of rotatable bonds is 5. The Labute approximate surface area is 132 Å². The zero-order valence-electron chi connectivity index (χ0n) is 11.9. The molecule has 0 aliphatic heterocycles. The Morgan fingerprint density at radius 1 is 1.14 bits per heavy atom. The summed E-state index contributed by atoms with van der Waals surface area (Å²) in [5.41, 5.74) is 7.90. The van der Waals surface area contributed by atoms with Gasteiger partial charge in [0.1, 0.15) is 17.3 Å². The fraction of sp³-hybridized carbons (Fsp3) is 0.250. The fourth-order valence-electron chi connectivity index (χ4n) is 2.22. The molecule has 0 saturated heterocycles. The monoisotopic (exact) mass is 353 g/mol. The molecule has 0 fully saturated rings. The van der Waals surface area contributed by atoms with E-state index in [2.05, 4.69) is 15.9 Å². The second-order valence-corrected chi connectivity index (χ2v) is 5.61. The third kappa shape index (κ3) is 3.95. The SMILES string of the molecule is COc1ccc(OC)c(C(N)Cc2cc(F)cc(Br)c2)c1. The zero-order valence-corrected chi connectivity index (χ0v) is 13.5. The fourth-order valence-corrected chi connectivity index (χ4v) is 2.73. The van der Waals surface area contributed by atoms with Crippen molar-refractivity contribution in [1.29, 1.82) is 0 Å². The topological polar surface area (TPSA) is 44.5 Å². The second kappa shape index (κ2) is 6.91. The summed E-state index contributed by atoms with van der Waals surface area (Å²) >= 11 is 3.28. The van der Waals surface area contributed by atoms with Crippen LogP contribution < -0.4 is 15.2 Å². The van der Waals surface area contributed by atoms with Crippen molar-refractivity contribution in [3.63, 3.8) is 0 Å². The average Bonchev–Trinajstić information content (AvgIpc) is 2.45. The quantitative estimate of drug-likeness (QED) is 0.887. The van der Waals surface area contributed by atoms with Gasteiger partial charge in [-0.25, -0.2) is 4.39 Å². The Morgan fingerprint density at radius 2 is 1.90 bits per heavy atom. The number of halogens is 2. The molecule has 2 N–H and O–H groups in total. The molecule has 0 spiro atoms. The van der Waals surface area contributed by atoms with Crippen molar-refractivity contribution in [1.82, 2.24) is 0 Å². The van der Waals surface area contributed by atoms with E-state index < -0.39 is 0 Å². The third-order valence-electron chi connectivity index (χ3n) is 3.21. The molecule has 2 aromatic rings. The first kappa shape index (κ1) is 15.8. The van der Waals surface area contributed by atoms with Crippen LogP contribution in [0.3, 0.4) is 0 Å². The lowest BCUT2D eigenvalue weighted by atomic mass is 9.98. The van der Waals surface area contributed by atoms with E-state index in [0.717, 1.165) is 11.1 Å². The third-order valence-corrected chi connectivity index (χ3v) is 3.67. The van der Waals surface area contributed by atoms with E-state index in [4.69, 9.17) is 15.2 Å². The minimum Gasteiger partial charge on any atom is -0.497 e. The maximum Gasteiger partial charge on any atom is 0.124 e. The zero-order chi connectivity index (χ0) is 15.4. The van der Waals surface area contributed by atoms with E-state index >= 15 is 0 Å². The molecular formula is C16H17BrFNO2. The van der Waals surface area contributed by atoms with Crippen molar-refractivity contribution in [2.24, 2.45) is 5.73 Å². The molecule has 0 aliphatic carbocycles. The highest BCUT2D eigenvalue weighted by Crippen LogP contribution is 2.30. The molecular weight excluding hydrogens is 337 g/mol. The maximum absolute atomic E-state index is 13.4. The Hall–Kier alpha value is -1.59. The van der Waals surface area contributed by atoms with Crippen molar-refractivity contribution in [3.05, 3.63) is 57.8 Å². The molecule has 0 aliphatic rings. The van der Waals surface area contributed by atoms with Crippen LogP contribution in [0.25, 0.3) is 0 Å². The minimum absolute atomic E-state index is 0.288. The van der Waals surface area contributed by atoms with Gasteiger partial charge in [-0.15, -0.1) is 0 Å². The highest BCUT2D eigenvalue weighted by Gasteiger charge is 2.14. The molecule has 0 heterocycles. The summed E-state index contributed by atoms with van der Waals surface area (Å²) in [6, 6.07) is 9.92.